The highest BCUT2D eigenvalue weighted by molar-refractivity contribution is 5.97. The Labute approximate surface area is 118 Å². The topological polar surface area (TPSA) is 94.2 Å². The van der Waals surface area contributed by atoms with Crippen LogP contribution in [0.4, 0.5) is 0 Å². The van der Waals surface area contributed by atoms with Crippen LogP contribution in [0.5, 0.6) is 0 Å². The minimum absolute atomic E-state index is 0.238. The van der Waals surface area contributed by atoms with E-state index in [1.165, 1.54) is 10.6 Å². The van der Waals surface area contributed by atoms with Crippen LogP contribution in [0.2, 0.25) is 0 Å². The lowest BCUT2D eigenvalue weighted by atomic mass is 10.1. The van der Waals surface area contributed by atoms with Gasteiger partial charge in [0.1, 0.15) is 6.04 Å². The predicted octanol–water partition coefficient (Wildman–Crippen LogP) is 0.642. The minimum Gasteiger partial charge on any atom is -0.368 e. The Morgan fingerprint density at radius 1 is 1.40 bits per heavy atom. The number of nitrogens with one attached hydrogen (secondary N) is 1. The van der Waals surface area contributed by atoms with Crippen LogP contribution in [-0.2, 0) is 11.3 Å². The number of primary amides is 1. The molecule has 20 heavy (non-hydrogen) atoms. The van der Waals surface area contributed by atoms with E-state index < -0.39 is 17.9 Å². The highest BCUT2D eigenvalue weighted by Gasteiger charge is 2.18. The maximum atomic E-state index is 12.0. The van der Waals surface area contributed by atoms with E-state index in [0.29, 0.717) is 13.0 Å². The molecule has 0 bridgehead atoms. The summed E-state index contributed by atoms with van der Waals surface area (Å²) in [6.45, 7) is 4.38. The summed E-state index contributed by atoms with van der Waals surface area (Å²) in [5.74, 6) is -1.01. The van der Waals surface area contributed by atoms with Crippen LogP contribution in [-0.4, -0.2) is 22.4 Å². The van der Waals surface area contributed by atoms with Crippen molar-refractivity contribution in [3.05, 3.63) is 34.2 Å². The number of rotatable bonds is 7. The molecular formula is C14H21N3O3. The first-order valence-electron chi connectivity index (χ1n) is 6.80. The molecule has 0 radical (unpaired) electrons. The molecule has 0 fully saturated rings. The fourth-order valence-corrected chi connectivity index (χ4v) is 1.85. The third-order valence-electron chi connectivity index (χ3n) is 3.09. The standard InChI is InChI=1S/C14H21N3O3/c1-3-5-6-11(13(15)19)16-14(20)10-7-8-17(4-2)12(18)9-10/h7-9,11H,3-6H2,1-2H3,(H2,15,19)(H,16,20). The summed E-state index contributed by atoms with van der Waals surface area (Å²) < 4.78 is 1.49. The summed E-state index contributed by atoms with van der Waals surface area (Å²) in [7, 11) is 0. The van der Waals surface area contributed by atoms with E-state index in [0.717, 1.165) is 12.8 Å². The number of aromatic nitrogens is 1. The van der Waals surface area contributed by atoms with E-state index in [1.54, 1.807) is 12.3 Å². The van der Waals surface area contributed by atoms with Gasteiger partial charge in [-0.2, -0.15) is 0 Å². The van der Waals surface area contributed by atoms with Gasteiger partial charge in [-0.3, -0.25) is 14.4 Å². The van der Waals surface area contributed by atoms with Crippen LogP contribution >= 0.6 is 0 Å². The van der Waals surface area contributed by atoms with Crippen molar-refractivity contribution in [1.82, 2.24) is 9.88 Å². The number of nitrogens with two attached hydrogens (primary N) is 1. The molecule has 1 aromatic rings. The van der Waals surface area contributed by atoms with Crippen LogP contribution in [0.1, 0.15) is 43.5 Å². The van der Waals surface area contributed by atoms with E-state index in [9.17, 15) is 14.4 Å². The Kier molecular flexibility index (Phi) is 5.96. The third-order valence-corrected chi connectivity index (χ3v) is 3.09. The van der Waals surface area contributed by atoms with Gasteiger partial charge >= 0.3 is 0 Å². The normalized spacial score (nSPS) is 11.9. The van der Waals surface area contributed by atoms with Crippen LogP contribution in [0, 0.1) is 0 Å². The second-order valence-electron chi connectivity index (χ2n) is 4.61. The number of amides is 2. The zero-order valence-corrected chi connectivity index (χ0v) is 11.9. The molecule has 1 atom stereocenters. The lowest BCUT2D eigenvalue weighted by Crippen LogP contribution is -2.44. The van der Waals surface area contributed by atoms with Gasteiger partial charge in [-0.05, 0) is 19.4 Å². The molecule has 6 heteroatoms. The van der Waals surface area contributed by atoms with Gasteiger partial charge in [0.15, 0.2) is 0 Å². The molecular weight excluding hydrogens is 258 g/mol. The smallest absolute Gasteiger partial charge is 0.252 e. The molecule has 0 aromatic carbocycles. The molecule has 1 heterocycles. The highest BCUT2D eigenvalue weighted by Crippen LogP contribution is 2.02. The van der Waals surface area contributed by atoms with Crippen molar-refractivity contribution >= 4 is 11.8 Å². The number of unbranched alkanes of at least 4 members (excludes halogenated alkanes) is 1. The molecule has 1 rings (SSSR count). The second-order valence-corrected chi connectivity index (χ2v) is 4.61. The first-order valence-corrected chi connectivity index (χ1v) is 6.80. The highest BCUT2D eigenvalue weighted by atomic mass is 16.2. The zero-order valence-electron chi connectivity index (χ0n) is 11.9. The van der Waals surface area contributed by atoms with E-state index in [2.05, 4.69) is 5.32 Å². The van der Waals surface area contributed by atoms with Gasteiger partial charge in [-0.15, -0.1) is 0 Å². The van der Waals surface area contributed by atoms with Crippen molar-refractivity contribution in [1.29, 1.82) is 0 Å². The average molecular weight is 279 g/mol. The van der Waals surface area contributed by atoms with Crippen LogP contribution in [0.3, 0.4) is 0 Å². The van der Waals surface area contributed by atoms with Gasteiger partial charge in [0.05, 0.1) is 0 Å². The van der Waals surface area contributed by atoms with Crippen LogP contribution in [0.15, 0.2) is 23.1 Å². The zero-order chi connectivity index (χ0) is 15.1. The number of hydrogen-bond acceptors (Lipinski definition) is 3. The fraction of sp³-hybridized carbons (Fsp3) is 0.500. The predicted molar refractivity (Wildman–Crippen MR) is 76.3 cm³/mol. The van der Waals surface area contributed by atoms with Crippen molar-refractivity contribution < 1.29 is 9.59 Å². The number of hydrogen-bond donors (Lipinski definition) is 2. The van der Waals surface area contributed by atoms with Gasteiger partial charge in [-0.25, -0.2) is 0 Å². The number of carbonyl (C=O) groups excluding carboxylic acids is 2. The Balaban J connectivity index is 2.81. The van der Waals surface area contributed by atoms with E-state index in [1.807, 2.05) is 13.8 Å². The first kappa shape index (κ1) is 15.9. The molecule has 1 unspecified atom stereocenters. The number of nitrogens with zero attached hydrogens (tertiary/aromatic N) is 1. The summed E-state index contributed by atoms with van der Waals surface area (Å²) in [5, 5.41) is 2.57. The van der Waals surface area contributed by atoms with Gasteiger partial charge in [0, 0.05) is 24.4 Å². The van der Waals surface area contributed by atoms with Crippen LogP contribution < -0.4 is 16.6 Å². The molecule has 0 saturated carbocycles. The Morgan fingerprint density at radius 2 is 2.10 bits per heavy atom. The third kappa shape index (κ3) is 4.22. The van der Waals surface area contributed by atoms with Gasteiger partial charge < -0.3 is 15.6 Å². The lowest BCUT2D eigenvalue weighted by molar-refractivity contribution is -0.120. The molecule has 0 aliphatic carbocycles. The molecule has 2 amide bonds. The average Bonchev–Trinajstić information content (AvgIpc) is 2.42. The summed E-state index contributed by atoms with van der Waals surface area (Å²) in [5.41, 5.74) is 5.25. The largest absolute Gasteiger partial charge is 0.368 e. The number of pyridine rings is 1. The van der Waals surface area contributed by atoms with Gasteiger partial charge in [0.25, 0.3) is 11.5 Å². The number of aryl methyl sites for hydroxylation is 1. The van der Waals surface area contributed by atoms with Gasteiger partial charge in [-0.1, -0.05) is 19.8 Å². The molecule has 0 aliphatic rings. The summed E-state index contributed by atoms with van der Waals surface area (Å²) >= 11 is 0. The molecule has 0 saturated heterocycles. The molecule has 6 nitrogen and oxygen atoms in total. The molecule has 110 valence electrons. The monoisotopic (exact) mass is 279 g/mol. The molecule has 3 N–H and O–H groups in total. The Hall–Kier alpha value is -2.11. The number of carbonyl (C=O) groups is 2. The Bertz CT molecular complexity index is 537. The fourth-order valence-electron chi connectivity index (χ4n) is 1.85. The first-order chi connectivity index (χ1) is 9.49. The Morgan fingerprint density at radius 3 is 2.60 bits per heavy atom. The van der Waals surface area contributed by atoms with E-state index >= 15 is 0 Å². The van der Waals surface area contributed by atoms with Crippen molar-refractivity contribution in [3.8, 4) is 0 Å². The second kappa shape index (κ2) is 7.47. The SMILES string of the molecule is CCCCC(NC(=O)c1ccn(CC)c(=O)c1)C(N)=O. The van der Waals surface area contributed by atoms with Crippen LogP contribution in [0.25, 0.3) is 0 Å². The summed E-state index contributed by atoms with van der Waals surface area (Å²) in [6, 6.07) is 2.12. The van der Waals surface area contributed by atoms with Crippen molar-refractivity contribution in [2.45, 2.75) is 45.7 Å². The summed E-state index contributed by atoms with van der Waals surface area (Å²) in [4.78, 5) is 34.9. The van der Waals surface area contributed by atoms with E-state index in [4.69, 9.17) is 5.73 Å². The quantitative estimate of drug-likeness (QED) is 0.767. The van der Waals surface area contributed by atoms with Gasteiger partial charge in [0.2, 0.25) is 5.91 Å². The molecule has 0 spiro atoms. The van der Waals surface area contributed by atoms with Crippen molar-refractivity contribution in [2.75, 3.05) is 0 Å². The van der Waals surface area contributed by atoms with E-state index in [-0.39, 0.29) is 11.1 Å². The minimum atomic E-state index is -0.698. The maximum absolute atomic E-state index is 12.0. The van der Waals surface area contributed by atoms with Crippen molar-refractivity contribution in [2.24, 2.45) is 5.73 Å². The molecule has 1 aromatic heterocycles. The van der Waals surface area contributed by atoms with Crippen molar-refractivity contribution in [3.63, 3.8) is 0 Å². The summed E-state index contributed by atoms with van der Waals surface area (Å²) in [6.07, 6.45) is 3.77. The molecule has 0 aliphatic heterocycles. The lowest BCUT2D eigenvalue weighted by Gasteiger charge is -2.15. The maximum Gasteiger partial charge on any atom is 0.252 e.